The molecule has 0 bridgehead atoms. The predicted molar refractivity (Wildman–Crippen MR) is 223 cm³/mol. The van der Waals surface area contributed by atoms with Crippen LogP contribution in [0.3, 0.4) is 0 Å². The van der Waals surface area contributed by atoms with Crippen molar-refractivity contribution in [1.29, 1.82) is 0 Å². The molecule has 1 N–H and O–H groups in total. The molecular formula is C46H75N3O8. The lowest BCUT2D eigenvalue weighted by Gasteiger charge is -2.41. The highest BCUT2D eigenvalue weighted by atomic mass is 16.6. The number of likely N-dealkylation sites (N-methyl/N-ethyl adjacent to an activating group) is 2. The second-order valence-corrected chi connectivity index (χ2v) is 18.4. The first-order chi connectivity index (χ1) is 26.8. The zero-order valence-corrected chi connectivity index (χ0v) is 37.2. The number of amides is 2. The molecule has 11 nitrogen and oxygen atoms in total. The number of esters is 1. The van der Waals surface area contributed by atoms with Crippen molar-refractivity contribution >= 4 is 29.4 Å². The summed E-state index contributed by atoms with van der Waals surface area (Å²) in [6.45, 7) is 15.8. The number of benzene rings is 1. The van der Waals surface area contributed by atoms with Crippen molar-refractivity contribution in [3.63, 3.8) is 0 Å². The van der Waals surface area contributed by atoms with Gasteiger partial charge >= 0.3 is 5.97 Å². The summed E-state index contributed by atoms with van der Waals surface area (Å²) in [5.41, 5.74) is 0.250. The number of rotatable bonds is 22. The van der Waals surface area contributed by atoms with Gasteiger partial charge in [-0.3, -0.25) is 24.0 Å². The Balaban J connectivity index is 1.81. The number of ether oxygens (including phenoxy) is 3. The van der Waals surface area contributed by atoms with Gasteiger partial charge in [-0.2, -0.15) is 0 Å². The van der Waals surface area contributed by atoms with Gasteiger partial charge in [0, 0.05) is 52.5 Å². The van der Waals surface area contributed by atoms with E-state index in [2.05, 4.69) is 5.32 Å². The number of likely N-dealkylation sites (tertiary alicyclic amines) is 1. The van der Waals surface area contributed by atoms with Crippen LogP contribution in [0.2, 0.25) is 0 Å². The van der Waals surface area contributed by atoms with Crippen LogP contribution in [0.4, 0.5) is 0 Å². The smallest absolute Gasteiger partial charge is 0.310 e. The van der Waals surface area contributed by atoms with Crippen molar-refractivity contribution in [2.45, 2.75) is 156 Å². The molecule has 11 heteroatoms. The summed E-state index contributed by atoms with van der Waals surface area (Å²) in [6, 6.07) is 8.62. The summed E-state index contributed by atoms with van der Waals surface area (Å²) in [5, 5.41) is 3.13. The molecule has 0 unspecified atom stereocenters. The lowest BCUT2D eigenvalue weighted by Crippen LogP contribution is -2.54. The van der Waals surface area contributed by atoms with Crippen molar-refractivity contribution in [2.75, 3.05) is 34.9 Å². The molecule has 322 valence electrons. The Bertz CT molecular complexity index is 1450. The van der Waals surface area contributed by atoms with Gasteiger partial charge in [-0.1, -0.05) is 77.8 Å². The number of hydrogen-bond acceptors (Lipinski definition) is 9. The van der Waals surface area contributed by atoms with Crippen molar-refractivity contribution in [2.24, 2.45) is 35.5 Å². The zero-order valence-electron chi connectivity index (χ0n) is 37.2. The first-order valence-corrected chi connectivity index (χ1v) is 21.5. The van der Waals surface area contributed by atoms with Crippen molar-refractivity contribution in [3.05, 3.63) is 35.9 Å². The van der Waals surface area contributed by atoms with Crippen LogP contribution in [-0.4, -0.2) is 110 Å². The van der Waals surface area contributed by atoms with E-state index in [0.717, 1.165) is 37.7 Å². The molecule has 57 heavy (non-hydrogen) atoms. The molecular weight excluding hydrogens is 723 g/mol. The molecule has 0 radical (unpaired) electrons. The van der Waals surface area contributed by atoms with E-state index < -0.39 is 41.5 Å². The van der Waals surface area contributed by atoms with E-state index in [9.17, 15) is 24.0 Å². The van der Waals surface area contributed by atoms with Crippen molar-refractivity contribution in [1.82, 2.24) is 15.1 Å². The number of ketones is 2. The maximum atomic E-state index is 14.4. The van der Waals surface area contributed by atoms with Gasteiger partial charge in [0.15, 0.2) is 5.78 Å². The van der Waals surface area contributed by atoms with E-state index in [1.165, 1.54) is 0 Å². The first kappa shape index (κ1) is 48.2. The van der Waals surface area contributed by atoms with Crippen LogP contribution in [0.25, 0.3) is 0 Å². The van der Waals surface area contributed by atoms with E-state index in [1.54, 1.807) is 26.2 Å². The number of carbonyl (C=O) groups is 5. The molecule has 2 amide bonds. The third kappa shape index (κ3) is 13.4. The highest BCUT2D eigenvalue weighted by Gasteiger charge is 2.44. The fourth-order valence-corrected chi connectivity index (χ4v) is 9.30. The lowest BCUT2D eigenvalue weighted by molar-refractivity contribution is -0.161. The minimum absolute atomic E-state index is 0.00324. The van der Waals surface area contributed by atoms with Crippen molar-refractivity contribution < 1.29 is 38.2 Å². The third-order valence-electron chi connectivity index (χ3n) is 12.4. The second-order valence-electron chi connectivity index (χ2n) is 18.4. The van der Waals surface area contributed by atoms with Gasteiger partial charge < -0.3 is 29.3 Å². The average molecular weight is 798 g/mol. The van der Waals surface area contributed by atoms with Crippen LogP contribution in [0.5, 0.6) is 0 Å². The molecule has 1 heterocycles. The molecule has 1 aliphatic heterocycles. The fraction of sp³-hybridized carbons (Fsp3) is 0.761. The van der Waals surface area contributed by atoms with Crippen molar-refractivity contribution in [3.8, 4) is 0 Å². The van der Waals surface area contributed by atoms with Crippen LogP contribution in [0.1, 0.15) is 119 Å². The van der Waals surface area contributed by atoms with E-state index in [1.807, 2.05) is 97.7 Å². The SMILES string of the molecule is CN[C@H](C(=O)C[C@H](C(=O)N(C)[C@@H](C1CCCC1)[C@@H](CC(=O)N1CCC[C@H]1[C@H](OC)[C@@H](C)C(=O)C[C@@H](Cc1ccccc1)C(=O)OC(C)(C)C)OC)C(C)C)C(C)C. The van der Waals surface area contributed by atoms with Gasteiger partial charge in [-0.05, 0) is 83.2 Å². The van der Waals surface area contributed by atoms with E-state index in [0.29, 0.717) is 19.4 Å². The molecule has 1 aromatic carbocycles. The molecule has 1 saturated heterocycles. The Hall–Kier alpha value is -3.15. The Morgan fingerprint density at radius 1 is 0.842 bits per heavy atom. The summed E-state index contributed by atoms with van der Waals surface area (Å²) in [7, 11) is 6.79. The monoisotopic (exact) mass is 798 g/mol. The van der Waals surface area contributed by atoms with Gasteiger partial charge in [0.25, 0.3) is 0 Å². The van der Waals surface area contributed by atoms with E-state index in [4.69, 9.17) is 14.2 Å². The number of hydrogen-bond donors (Lipinski definition) is 1. The van der Waals surface area contributed by atoms with Gasteiger partial charge in [-0.25, -0.2) is 0 Å². The highest BCUT2D eigenvalue weighted by molar-refractivity contribution is 5.90. The topological polar surface area (TPSA) is 132 Å². The van der Waals surface area contributed by atoms with E-state index >= 15 is 0 Å². The third-order valence-corrected chi connectivity index (χ3v) is 12.4. The molecule has 1 aromatic rings. The van der Waals surface area contributed by atoms with Gasteiger partial charge in [0.2, 0.25) is 11.8 Å². The molecule has 8 atom stereocenters. The molecule has 3 rings (SSSR count). The Morgan fingerprint density at radius 2 is 1.47 bits per heavy atom. The van der Waals surface area contributed by atoms with Gasteiger partial charge in [0.1, 0.15) is 11.4 Å². The fourth-order valence-electron chi connectivity index (χ4n) is 9.30. The first-order valence-electron chi connectivity index (χ1n) is 21.5. The summed E-state index contributed by atoms with van der Waals surface area (Å²) >= 11 is 0. The highest BCUT2D eigenvalue weighted by Crippen LogP contribution is 2.36. The standard InChI is InChI=1S/C46H75N3O8/c1-29(2)35(27-38(51)41(47-9)30(3)4)44(53)48(10)42(33-21-16-17-22-33)39(55-11)28-40(52)49-24-18-23-36(49)43(56-12)31(5)37(50)26-34(45(54)57-46(6,7)8)25-32-19-14-13-15-20-32/h13-15,19-20,29-31,33-36,39,41-43,47H,16-18,21-28H2,1-12H3/t31-,34+,35-,36-,39+,41-,42-,43+/m0/s1. The average Bonchev–Trinajstić information content (AvgIpc) is 3.86. The number of carbonyl (C=O) groups excluding carboxylic acids is 5. The molecule has 2 aliphatic rings. The molecule has 0 spiro atoms. The predicted octanol–water partition coefficient (Wildman–Crippen LogP) is 6.69. The molecule has 1 saturated carbocycles. The Morgan fingerprint density at radius 3 is 2.00 bits per heavy atom. The van der Waals surface area contributed by atoms with Crippen LogP contribution < -0.4 is 5.32 Å². The Kier molecular flexibility index (Phi) is 18.9. The molecule has 1 aliphatic carbocycles. The zero-order chi connectivity index (χ0) is 42.6. The summed E-state index contributed by atoms with van der Waals surface area (Å²) < 4.78 is 17.9. The van der Waals surface area contributed by atoms with Crippen LogP contribution >= 0.6 is 0 Å². The minimum atomic E-state index is -0.696. The summed E-state index contributed by atoms with van der Waals surface area (Å²) in [6.07, 6.45) is 4.86. The summed E-state index contributed by atoms with van der Waals surface area (Å²) in [5.74, 6) is -2.24. The largest absolute Gasteiger partial charge is 0.460 e. The van der Waals surface area contributed by atoms with Crippen LogP contribution in [0.15, 0.2) is 30.3 Å². The molecule has 2 fully saturated rings. The number of methoxy groups -OCH3 is 2. The Labute approximate surface area is 343 Å². The molecule has 0 aromatic heterocycles. The van der Waals surface area contributed by atoms with Gasteiger partial charge in [0.05, 0.1) is 42.7 Å². The quantitative estimate of drug-likeness (QED) is 0.128. The van der Waals surface area contributed by atoms with Crippen LogP contribution in [-0.2, 0) is 44.6 Å². The maximum absolute atomic E-state index is 14.4. The number of nitrogens with zero attached hydrogens (tertiary/aromatic N) is 2. The number of Topliss-reactive ketones (excluding diaryl/α,β-unsaturated/α-hetero) is 2. The minimum Gasteiger partial charge on any atom is -0.460 e. The normalized spacial score (nSPS) is 20.2. The number of nitrogens with one attached hydrogen (secondary N) is 1. The summed E-state index contributed by atoms with van der Waals surface area (Å²) in [4.78, 5) is 73.3. The van der Waals surface area contributed by atoms with Gasteiger partial charge in [-0.15, -0.1) is 0 Å². The second kappa shape index (κ2) is 22.3. The van der Waals surface area contributed by atoms with Crippen LogP contribution in [0, 0.1) is 35.5 Å². The van der Waals surface area contributed by atoms with E-state index in [-0.39, 0.29) is 78.5 Å². The maximum Gasteiger partial charge on any atom is 0.310 e. The lowest BCUT2D eigenvalue weighted by atomic mass is 9.83.